The zero-order valence-corrected chi connectivity index (χ0v) is 12.6. The van der Waals surface area contributed by atoms with E-state index in [0.717, 1.165) is 19.3 Å². The number of halogens is 2. The van der Waals surface area contributed by atoms with Crippen molar-refractivity contribution in [3.8, 4) is 23.1 Å². The van der Waals surface area contributed by atoms with Gasteiger partial charge < -0.3 is 0 Å². The average Bonchev–Trinajstić information content (AvgIpc) is 2.52. The molecule has 0 aliphatic heterocycles. The van der Waals surface area contributed by atoms with Crippen molar-refractivity contribution < 1.29 is 8.78 Å². The predicted octanol–water partition coefficient (Wildman–Crippen LogP) is 4.74. The van der Waals surface area contributed by atoms with Crippen LogP contribution in [0.5, 0.6) is 0 Å². The number of rotatable bonds is 5. The van der Waals surface area contributed by atoms with Gasteiger partial charge in [-0.2, -0.15) is 4.39 Å². The van der Waals surface area contributed by atoms with Crippen LogP contribution < -0.4 is 0 Å². The maximum Gasteiger partial charge on any atom is 0.248 e. The Morgan fingerprint density at radius 2 is 1.91 bits per heavy atom. The van der Waals surface area contributed by atoms with Crippen molar-refractivity contribution in [2.45, 2.75) is 39.0 Å². The van der Waals surface area contributed by atoms with Crippen molar-refractivity contribution >= 4 is 0 Å². The second-order valence-corrected chi connectivity index (χ2v) is 4.99. The molecular weight excluding hydrogens is 282 g/mol. The molecule has 0 aliphatic rings. The molecule has 114 valence electrons. The Morgan fingerprint density at radius 1 is 1.09 bits per heavy atom. The molecule has 0 saturated carbocycles. The minimum atomic E-state index is -0.762. The summed E-state index contributed by atoms with van der Waals surface area (Å²) in [5.41, 5.74) is 0.410. The standard InChI is InChI=1S/C18H18F2N2/c1-2-3-4-5-6-7-12-16-18(20)22-17(13-21-16)14-10-8-9-11-15(14)19/h8-11,13H,2-6H2,1H3. The van der Waals surface area contributed by atoms with E-state index in [1.165, 1.54) is 31.2 Å². The molecule has 0 aliphatic carbocycles. The van der Waals surface area contributed by atoms with E-state index in [4.69, 9.17) is 0 Å². The second-order valence-electron chi connectivity index (χ2n) is 4.99. The lowest BCUT2D eigenvalue weighted by atomic mass is 10.1. The first-order chi connectivity index (χ1) is 10.7. The lowest BCUT2D eigenvalue weighted by Gasteiger charge is -2.02. The number of aromatic nitrogens is 2. The Kier molecular flexibility index (Phi) is 6.02. The fraction of sp³-hybridized carbons (Fsp3) is 0.333. The predicted molar refractivity (Wildman–Crippen MR) is 83.0 cm³/mol. The van der Waals surface area contributed by atoms with E-state index in [2.05, 4.69) is 28.7 Å². The van der Waals surface area contributed by atoms with Crippen LogP contribution in [0.2, 0.25) is 0 Å². The molecule has 2 nitrogen and oxygen atoms in total. The topological polar surface area (TPSA) is 25.8 Å². The minimum Gasteiger partial charge on any atom is -0.241 e. The van der Waals surface area contributed by atoms with Crippen LogP contribution in [0.15, 0.2) is 30.5 Å². The zero-order valence-electron chi connectivity index (χ0n) is 12.6. The van der Waals surface area contributed by atoms with Gasteiger partial charge >= 0.3 is 0 Å². The molecule has 0 bridgehead atoms. The second kappa shape index (κ2) is 8.23. The van der Waals surface area contributed by atoms with Gasteiger partial charge in [-0.25, -0.2) is 14.4 Å². The lowest BCUT2D eigenvalue weighted by Crippen LogP contribution is -1.97. The SMILES string of the molecule is CCCCCCC#Cc1ncc(-c2ccccc2F)nc1F. The molecular formula is C18H18F2N2. The summed E-state index contributed by atoms with van der Waals surface area (Å²) in [6.07, 6.45) is 6.56. The molecule has 22 heavy (non-hydrogen) atoms. The van der Waals surface area contributed by atoms with E-state index in [9.17, 15) is 8.78 Å². The maximum absolute atomic E-state index is 13.9. The van der Waals surface area contributed by atoms with Crippen LogP contribution in [-0.4, -0.2) is 9.97 Å². The van der Waals surface area contributed by atoms with E-state index in [0.29, 0.717) is 0 Å². The van der Waals surface area contributed by atoms with Crippen molar-refractivity contribution in [3.63, 3.8) is 0 Å². The molecule has 1 aromatic carbocycles. The normalized spacial score (nSPS) is 10.1. The van der Waals surface area contributed by atoms with Gasteiger partial charge in [0.2, 0.25) is 5.95 Å². The smallest absolute Gasteiger partial charge is 0.241 e. The number of benzene rings is 1. The van der Waals surface area contributed by atoms with Crippen LogP contribution in [0.3, 0.4) is 0 Å². The number of nitrogens with zero attached hydrogens (tertiary/aromatic N) is 2. The summed E-state index contributed by atoms with van der Waals surface area (Å²) in [6.45, 7) is 2.15. The van der Waals surface area contributed by atoms with Gasteiger partial charge in [-0.05, 0) is 24.5 Å². The molecule has 0 spiro atoms. The summed E-state index contributed by atoms with van der Waals surface area (Å²) >= 11 is 0. The Balaban J connectivity index is 2.07. The third-order valence-corrected chi connectivity index (χ3v) is 3.24. The summed E-state index contributed by atoms with van der Waals surface area (Å²) in [5, 5.41) is 0. The quantitative estimate of drug-likeness (QED) is 0.588. The zero-order chi connectivity index (χ0) is 15.8. The maximum atomic E-state index is 13.9. The third kappa shape index (κ3) is 4.36. The highest BCUT2D eigenvalue weighted by Gasteiger charge is 2.09. The first kappa shape index (κ1) is 16.1. The molecule has 0 atom stereocenters. The number of hydrogen-bond acceptors (Lipinski definition) is 2. The molecule has 0 radical (unpaired) electrons. The van der Waals surface area contributed by atoms with E-state index in [-0.39, 0.29) is 17.0 Å². The van der Waals surface area contributed by atoms with Gasteiger partial charge in [0.1, 0.15) is 5.82 Å². The van der Waals surface area contributed by atoms with Gasteiger partial charge in [-0.1, -0.05) is 44.2 Å². The van der Waals surface area contributed by atoms with Gasteiger partial charge in [0.25, 0.3) is 0 Å². The highest BCUT2D eigenvalue weighted by Crippen LogP contribution is 2.20. The summed E-state index contributed by atoms with van der Waals surface area (Å²) < 4.78 is 27.5. The van der Waals surface area contributed by atoms with Gasteiger partial charge in [0.05, 0.1) is 11.9 Å². The highest BCUT2D eigenvalue weighted by molar-refractivity contribution is 5.58. The van der Waals surface area contributed by atoms with Gasteiger partial charge in [-0.15, -0.1) is 0 Å². The van der Waals surface area contributed by atoms with Crippen molar-refractivity contribution in [1.29, 1.82) is 0 Å². The molecule has 4 heteroatoms. The molecule has 2 aromatic rings. The first-order valence-corrected chi connectivity index (χ1v) is 7.48. The van der Waals surface area contributed by atoms with E-state index in [1.807, 2.05) is 0 Å². The molecule has 1 heterocycles. The summed E-state index contributed by atoms with van der Waals surface area (Å²) in [5.74, 6) is 4.38. The van der Waals surface area contributed by atoms with Crippen molar-refractivity contribution in [3.05, 3.63) is 47.9 Å². The van der Waals surface area contributed by atoms with Gasteiger partial charge in [0.15, 0.2) is 5.69 Å². The Morgan fingerprint density at radius 3 is 2.64 bits per heavy atom. The van der Waals surface area contributed by atoms with Crippen LogP contribution in [0.1, 0.15) is 44.7 Å². The van der Waals surface area contributed by atoms with Crippen LogP contribution >= 0.6 is 0 Å². The number of hydrogen-bond donors (Lipinski definition) is 0. The highest BCUT2D eigenvalue weighted by atomic mass is 19.1. The van der Waals surface area contributed by atoms with Crippen molar-refractivity contribution in [2.24, 2.45) is 0 Å². The molecule has 0 N–H and O–H groups in total. The Hall–Kier alpha value is -2.28. The van der Waals surface area contributed by atoms with E-state index >= 15 is 0 Å². The molecule has 0 amide bonds. The Labute approximate surface area is 129 Å². The molecule has 0 unspecified atom stereocenters. The van der Waals surface area contributed by atoms with Crippen LogP contribution in [0.4, 0.5) is 8.78 Å². The Bertz CT molecular complexity index is 687. The van der Waals surface area contributed by atoms with Gasteiger partial charge in [-0.3, -0.25) is 0 Å². The fourth-order valence-electron chi connectivity index (χ4n) is 2.04. The minimum absolute atomic E-state index is 0.00980. The average molecular weight is 300 g/mol. The molecule has 2 rings (SSSR count). The molecule has 0 fully saturated rings. The van der Waals surface area contributed by atoms with Crippen LogP contribution in [-0.2, 0) is 0 Å². The summed E-state index contributed by atoms with van der Waals surface area (Å²) in [7, 11) is 0. The van der Waals surface area contributed by atoms with Crippen molar-refractivity contribution in [1.82, 2.24) is 9.97 Å². The summed E-state index contributed by atoms with van der Waals surface area (Å²) in [4.78, 5) is 7.71. The number of unbranched alkanes of at least 4 members (excludes halogenated alkanes) is 4. The largest absolute Gasteiger partial charge is 0.248 e. The van der Waals surface area contributed by atoms with E-state index in [1.54, 1.807) is 12.1 Å². The van der Waals surface area contributed by atoms with E-state index < -0.39 is 11.8 Å². The first-order valence-electron chi connectivity index (χ1n) is 7.48. The monoisotopic (exact) mass is 300 g/mol. The summed E-state index contributed by atoms with van der Waals surface area (Å²) in [6, 6.07) is 6.08. The van der Waals surface area contributed by atoms with Gasteiger partial charge in [0, 0.05) is 12.0 Å². The third-order valence-electron chi connectivity index (χ3n) is 3.24. The molecule has 1 aromatic heterocycles. The van der Waals surface area contributed by atoms with Crippen molar-refractivity contribution in [2.75, 3.05) is 0 Å². The van der Waals surface area contributed by atoms with Crippen LogP contribution in [0.25, 0.3) is 11.3 Å². The molecule has 0 saturated heterocycles. The lowest BCUT2D eigenvalue weighted by molar-refractivity contribution is 0.572. The van der Waals surface area contributed by atoms with Crippen LogP contribution in [0, 0.1) is 23.6 Å². The fourth-order valence-corrected chi connectivity index (χ4v) is 2.04.